The summed E-state index contributed by atoms with van der Waals surface area (Å²) in [5.74, 6) is 0. The molecule has 19 heavy (non-hydrogen) atoms. The van der Waals surface area contributed by atoms with E-state index in [0.717, 1.165) is 11.3 Å². The third-order valence-corrected chi connectivity index (χ3v) is 5.28. The molecule has 2 N–H and O–H groups in total. The number of hydrogen-bond donors (Lipinski definition) is 1. The number of sulfonamides is 1. The minimum absolute atomic E-state index is 0.0986. The van der Waals surface area contributed by atoms with Gasteiger partial charge in [0.1, 0.15) is 0 Å². The Morgan fingerprint density at radius 1 is 1.21 bits per heavy atom. The standard InChI is InChI=1S/C9H18N4O4S2/c1-16-6-3-4-13(5-7-17-2)19(14,15)9-12-11-8(10)18-9/h3-7H2,1-2H3,(H2,10,11). The van der Waals surface area contributed by atoms with Crippen LogP contribution >= 0.6 is 11.3 Å². The van der Waals surface area contributed by atoms with Crippen LogP contribution in [0.15, 0.2) is 4.34 Å². The molecule has 0 spiro atoms. The number of rotatable bonds is 9. The highest BCUT2D eigenvalue weighted by molar-refractivity contribution is 7.91. The number of nitrogens with two attached hydrogens (primary N) is 1. The number of methoxy groups -OCH3 is 2. The largest absolute Gasteiger partial charge is 0.385 e. The van der Waals surface area contributed by atoms with Crippen LogP contribution in [-0.2, 0) is 19.5 Å². The quantitative estimate of drug-likeness (QED) is 0.629. The first-order valence-electron chi connectivity index (χ1n) is 5.59. The van der Waals surface area contributed by atoms with E-state index in [0.29, 0.717) is 26.2 Å². The summed E-state index contributed by atoms with van der Waals surface area (Å²) < 4.78 is 35.7. The van der Waals surface area contributed by atoms with E-state index in [2.05, 4.69) is 10.2 Å². The van der Waals surface area contributed by atoms with Crippen molar-refractivity contribution in [3.8, 4) is 0 Å². The highest BCUT2D eigenvalue weighted by Crippen LogP contribution is 2.21. The van der Waals surface area contributed by atoms with Crippen molar-refractivity contribution < 1.29 is 17.9 Å². The van der Waals surface area contributed by atoms with Crippen LogP contribution in [0.5, 0.6) is 0 Å². The highest BCUT2D eigenvalue weighted by Gasteiger charge is 2.27. The Bertz CT molecular complexity index is 476. The maximum atomic E-state index is 12.3. The van der Waals surface area contributed by atoms with Crippen molar-refractivity contribution in [2.24, 2.45) is 0 Å². The molecule has 1 aromatic heterocycles. The zero-order chi connectivity index (χ0) is 14.3. The van der Waals surface area contributed by atoms with Crippen LogP contribution in [-0.4, -0.2) is 63.4 Å². The van der Waals surface area contributed by atoms with Crippen LogP contribution < -0.4 is 5.73 Å². The Morgan fingerprint density at radius 3 is 2.42 bits per heavy atom. The molecule has 10 heteroatoms. The van der Waals surface area contributed by atoms with Crippen molar-refractivity contribution >= 4 is 26.5 Å². The van der Waals surface area contributed by atoms with Crippen LogP contribution in [0, 0.1) is 0 Å². The SMILES string of the molecule is COCCCN(CCOC)S(=O)(=O)c1nnc(N)s1. The third-order valence-electron chi connectivity index (χ3n) is 2.28. The zero-order valence-corrected chi connectivity index (χ0v) is 12.5. The van der Waals surface area contributed by atoms with E-state index in [1.165, 1.54) is 11.4 Å². The number of nitrogen functional groups attached to an aromatic ring is 1. The van der Waals surface area contributed by atoms with Gasteiger partial charge in [-0.1, -0.05) is 11.3 Å². The minimum atomic E-state index is -3.67. The Balaban J connectivity index is 2.82. The molecule has 1 heterocycles. The predicted octanol–water partition coefficient (Wildman–Crippen LogP) is -0.206. The van der Waals surface area contributed by atoms with Crippen LogP contribution in [0.1, 0.15) is 6.42 Å². The Labute approximate surface area is 116 Å². The molecule has 0 bridgehead atoms. The zero-order valence-electron chi connectivity index (χ0n) is 10.9. The topological polar surface area (TPSA) is 108 Å². The minimum Gasteiger partial charge on any atom is -0.385 e. The number of hydrogen-bond acceptors (Lipinski definition) is 8. The molecule has 0 amide bonds. The van der Waals surface area contributed by atoms with Gasteiger partial charge in [-0.05, 0) is 6.42 Å². The van der Waals surface area contributed by atoms with Gasteiger partial charge in [0.05, 0.1) is 6.61 Å². The van der Waals surface area contributed by atoms with Gasteiger partial charge in [0.25, 0.3) is 10.0 Å². The fourth-order valence-corrected chi connectivity index (χ4v) is 3.75. The second kappa shape index (κ2) is 7.70. The molecule has 0 fully saturated rings. The molecule has 0 atom stereocenters. The molecule has 0 saturated carbocycles. The molecule has 0 aliphatic heterocycles. The summed E-state index contributed by atoms with van der Waals surface area (Å²) in [7, 11) is -0.585. The molecule has 0 aromatic carbocycles. The van der Waals surface area contributed by atoms with Crippen LogP contribution in [0.2, 0.25) is 0 Å². The lowest BCUT2D eigenvalue weighted by Gasteiger charge is -2.19. The monoisotopic (exact) mass is 310 g/mol. The van der Waals surface area contributed by atoms with Gasteiger partial charge in [0, 0.05) is 33.9 Å². The van der Waals surface area contributed by atoms with E-state index < -0.39 is 10.0 Å². The summed E-state index contributed by atoms with van der Waals surface area (Å²) in [4.78, 5) is 0. The van der Waals surface area contributed by atoms with Crippen molar-refractivity contribution in [2.45, 2.75) is 10.8 Å². The smallest absolute Gasteiger partial charge is 0.272 e. The summed E-state index contributed by atoms with van der Waals surface area (Å²) in [5, 5.41) is 7.24. The predicted molar refractivity (Wildman–Crippen MR) is 71.4 cm³/mol. The molecule has 0 radical (unpaired) electrons. The van der Waals surface area contributed by atoms with Crippen molar-refractivity contribution in [3.63, 3.8) is 0 Å². The first-order chi connectivity index (χ1) is 9.02. The third kappa shape index (κ3) is 4.66. The van der Waals surface area contributed by atoms with E-state index >= 15 is 0 Å². The van der Waals surface area contributed by atoms with Gasteiger partial charge in [0.15, 0.2) is 0 Å². The fraction of sp³-hybridized carbons (Fsp3) is 0.778. The number of aromatic nitrogens is 2. The average molecular weight is 310 g/mol. The van der Waals surface area contributed by atoms with Gasteiger partial charge >= 0.3 is 0 Å². The van der Waals surface area contributed by atoms with Crippen molar-refractivity contribution in [1.82, 2.24) is 14.5 Å². The summed E-state index contributed by atoms with van der Waals surface area (Å²) in [6.07, 6.45) is 0.591. The van der Waals surface area contributed by atoms with Gasteiger partial charge in [-0.3, -0.25) is 0 Å². The normalized spacial score (nSPS) is 12.2. The molecular weight excluding hydrogens is 292 g/mol. The van der Waals surface area contributed by atoms with Crippen LogP contribution in [0.4, 0.5) is 5.13 Å². The number of nitrogens with zero attached hydrogens (tertiary/aromatic N) is 3. The van der Waals surface area contributed by atoms with Crippen molar-refractivity contribution in [3.05, 3.63) is 0 Å². The first-order valence-corrected chi connectivity index (χ1v) is 7.85. The Morgan fingerprint density at radius 2 is 1.89 bits per heavy atom. The molecule has 0 aliphatic carbocycles. The lowest BCUT2D eigenvalue weighted by molar-refractivity contribution is 0.164. The summed E-state index contributed by atoms with van der Waals surface area (Å²) in [6.45, 7) is 1.37. The molecule has 0 aliphatic rings. The second-order valence-electron chi connectivity index (χ2n) is 3.65. The maximum Gasteiger partial charge on any atom is 0.272 e. The van der Waals surface area contributed by atoms with Crippen LogP contribution in [0.3, 0.4) is 0 Å². The average Bonchev–Trinajstić information content (AvgIpc) is 2.81. The molecular formula is C9H18N4O4S2. The molecule has 1 rings (SSSR count). The number of anilines is 1. The Hall–Kier alpha value is -0.810. The van der Waals surface area contributed by atoms with Gasteiger partial charge in [-0.25, -0.2) is 8.42 Å². The van der Waals surface area contributed by atoms with E-state index in [1.807, 2.05) is 0 Å². The highest BCUT2D eigenvalue weighted by atomic mass is 32.2. The molecule has 0 unspecified atom stereocenters. The summed E-state index contributed by atoms with van der Waals surface area (Å²) in [5.41, 5.74) is 5.41. The first kappa shape index (κ1) is 16.2. The van der Waals surface area contributed by atoms with E-state index in [1.54, 1.807) is 7.11 Å². The van der Waals surface area contributed by atoms with E-state index in [-0.39, 0.29) is 16.0 Å². The number of ether oxygens (including phenoxy) is 2. The van der Waals surface area contributed by atoms with Gasteiger partial charge in [0.2, 0.25) is 9.47 Å². The second-order valence-corrected chi connectivity index (χ2v) is 6.77. The van der Waals surface area contributed by atoms with Gasteiger partial charge in [-0.2, -0.15) is 4.31 Å². The van der Waals surface area contributed by atoms with E-state index in [4.69, 9.17) is 15.2 Å². The molecule has 1 aromatic rings. The van der Waals surface area contributed by atoms with Crippen molar-refractivity contribution in [1.29, 1.82) is 0 Å². The fourth-order valence-electron chi connectivity index (χ4n) is 1.37. The maximum absolute atomic E-state index is 12.3. The molecule has 0 saturated heterocycles. The molecule has 110 valence electrons. The van der Waals surface area contributed by atoms with E-state index in [9.17, 15) is 8.42 Å². The van der Waals surface area contributed by atoms with Gasteiger partial charge < -0.3 is 15.2 Å². The molecule has 8 nitrogen and oxygen atoms in total. The van der Waals surface area contributed by atoms with Crippen LogP contribution in [0.25, 0.3) is 0 Å². The lowest BCUT2D eigenvalue weighted by atomic mass is 10.4. The Kier molecular flexibility index (Phi) is 6.58. The van der Waals surface area contributed by atoms with Gasteiger partial charge in [-0.15, -0.1) is 10.2 Å². The lowest BCUT2D eigenvalue weighted by Crippen LogP contribution is -2.35. The summed E-state index contributed by atoms with van der Waals surface area (Å²) >= 11 is 0.850. The summed E-state index contributed by atoms with van der Waals surface area (Å²) in [6, 6.07) is 0. The van der Waals surface area contributed by atoms with Crippen molar-refractivity contribution in [2.75, 3.05) is 46.3 Å².